The highest BCUT2D eigenvalue weighted by Crippen LogP contribution is 2.24. The Kier molecular flexibility index (Phi) is 3.40. The standard InChI is InChI=1S/C13H19NO5/c1-12(2)8-14(11(16)19-12)10(15)6-5-9-7-17-13(3,4)18-9/h5-6,9H,7-8H2,1-4H3/b6-5+/t9-/m0/s1. The van der Waals surface area contributed by atoms with Gasteiger partial charge in [0.1, 0.15) is 11.7 Å². The van der Waals surface area contributed by atoms with Crippen LogP contribution in [0.5, 0.6) is 0 Å². The second kappa shape index (κ2) is 4.61. The van der Waals surface area contributed by atoms with Crippen LogP contribution in [0.4, 0.5) is 4.79 Å². The predicted molar refractivity (Wildman–Crippen MR) is 66.3 cm³/mol. The van der Waals surface area contributed by atoms with Crippen LogP contribution in [0.3, 0.4) is 0 Å². The Morgan fingerprint density at radius 3 is 2.53 bits per heavy atom. The lowest BCUT2D eigenvalue weighted by Gasteiger charge is -2.15. The zero-order valence-electron chi connectivity index (χ0n) is 11.6. The van der Waals surface area contributed by atoms with Crippen LogP contribution in [0.15, 0.2) is 12.2 Å². The maximum absolute atomic E-state index is 11.9. The van der Waals surface area contributed by atoms with Crippen LogP contribution in [0, 0.1) is 0 Å². The number of hydrogen-bond donors (Lipinski definition) is 0. The van der Waals surface area contributed by atoms with Crippen molar-refractivity contribution >= 4 is 12.0 Å². The van der Waals surface area contributed by atoms with Gasteiger partial charge in [-0.2, -0.15) is 0 Å². The van der Waals surface area contributed by atoms with Crippen molar-refractivity contribution in [3.63, 3.8) is 0 Å². The molecule has 106 valence electrons. The van der Waals surface area contributed by atoms with Gasteiger partial charge in [-0.15, -0.1) is 0 Å². The molecule has 0 unspecified atom stereocenters. The Morgan fingerprint density at radius 2 is 2.05 bits per heavy atom. The average Bonchev–Trinajstić information content (AvgIpc) is 2.74. The van der Waals surface area contributed by atoms with Crippen molar-refractivity contribution in [2.24, 2.45) is 0 Å². The van der Waals surface area contributed by atoms with Gasteiger partial charge >= 0.3 is 6.09 Å². The number of rotatable bonds is 2. The quantitative estimate of drug-likeness (QED) is 0.710. The van der Waals surface area contributed by atoms with Gasteiger partial charge in [0, 0.05) is 6.08 Å². The maximum atomic E-state index is 11.9. The second-order valence-electron chi connectivity index (χ2n) is 5.78. The minimum atomic E-state index is -0.632. The van der Waals surface area contributed by atoms with E-state index in [4.69, 9.17) is 14.2 Å². The van der Waals surface area contributed by atoms with Crippen molar-refractivity contribution in [2.45, 2.75) is 45.2 Å². The molecule has 6 nitrogen and oxygen atoms in total. The molecule has 2 saturated heterocycles. The molecule has 0 aromatic heterocycles. The Bertz CT molecular complexity index is 427. The Balaban J connectivity index is 1.93. The molecule has 0 bridgehead atoms. The van der Waals surface area contributed by atoms with Gasteiger partial charge in [0.25, 0.3) is 5.91 Å². The molecule has 0 N–H and O–H groups in total. The molecule has 19 heavy (non-hydrogen) atoms. The van der Waals surface area contributed by atoms with Crippen molar-refractivity contribution in [1.82, 2.24) is 4.90 Å². The number of cyclic esters (lactones) is 1. The van der Waals surface area contributed by atoms with Crippen LogP contribution in [0.25, 0.3) is 0 Å². The highest BCUT2D eigenvalue weighted by molar-refractivity contribution is 5.99. The number of hydrogen-bond acceptors (Lipinski definition) is 5. The zero-order chi connectivity index (χ0) is 14.3. The molecular formula is C13H19NO5. The van der Waals surface area contributed by atoms with Crippen LogP contribution < -0.4 is 0 Å². The van der Waals surface area contributed by atoms with E-state index in [2.05, 4.69) is 0 Å². The van der Waals surface area contributed by atoms with Crippen molar-refractivity contribution in [1.29, 1.82) is 0 Å². The van der Waals surface area contributed by atoms with E-state index in [0.717, 1.165) is 4.90 Å². The molecule has 1 atom stereocenters. The van der Waals surface area contributed by atoms with E-state index in [9.17, 15) is 9.59 Å². The van der Waals surface area contributed by atoms with E-state index in [-0.39, 0.29) is 12.6 Å². The van der Waals surface area contributed by atoms with E-state index in [1.165, 1.54) is 6.08 Å². The molecular weight excluding hydrogens is 250 g/mol. The first-order chi connectivity index (χ1) is 8.69. The second-order valence-corrected chi connectivity index (χ2v) is 5.78. The first-order valence-corrected chi connectivity index (χ1v) is 6.23. The summed E-state index contributed by atoms with van der Waals surface area (Å²) in [6.45, 7) is 7.79. The molecule has 0 radical (unpaired) electrons. The maximum Gasteiger partial charge on any atom is 0.417 e. The van der Waals surface area contributed by atoms with Crippen molar-refractivity contribution in [3.05, 3.63) is 12.2 Å². The summed E-state index contributed by atoms with van der Waals surface area (Å²) in [6, 6.07) is 0. The van der Waals surface area contributed by atoms with Crippen molar-refractivity contribution < 1.29 is 23.8 Å². The number of carbonyl (C=O) groups is 2. The monoisotopic (exact) mass is 269 g/mol. The Hall–Kier alpha value is -1.40. The van der Waals surface area contributed by atoms with Crippen LogP contribution in [0.1, 0.15) is 27.7 Å². The number of imide groups is 1. The van der Waals surface area contributed by atoms with Gasteiger partial charge in [-0.05, 0) is 33.8 Å². The summed E-state index contributed by atoms with van der Waals surface area (Å²) in [5.74, 6) is -1.03. The highest BCUT2D eigenvalue weighted by Gasteiger charge is 2.40. The topological polar surface area (TPSA) is 65.1 Å². The van der Waals surface area contributed by atoms with Crippen LogP contribution in [-0.4, -0.2) is 47.5 Å². The smallest absolute Gasteiger partial charge is 0.417 e. The van der Waals surface area contributed by atoms with Crippen molar-refractivity contribution in [2.75, 3.05) is 13.2 Å². The van der Waals surface area contributed by atoms with E-state index >= 15 is 0 Å². The largest absolute Gasteiger partial charge is 0.441 e. The third-order valence-electron chi connectivity index (χ3n) is 2.87. The fourth-order valence-corrected chi connectivity index (χ4v) is 2.03. The molecule has 0 spiro atoms. The van der Waals surface area contributed by atoms with Crippen molar-refractivity contribution in [3.8, 4) is 0 Å². The summed E-state index contributed by atoms with van der Waals surface area (Å²) in [5.41, 5.74) is -0.629. The number of ether oxygens (including phenoxy) is 3. The summed E-state index contributed by atoms with van der Waals surface area (Å²) in [5, 5.41) is 0. The van der Waals surface area contributed by atoms with Gasteiger partial charge < -0.3 is 14.2 Å². The fraction of sp³-hybridized carbons (Fsp3) is 0.692. The summed E-state index contributed by atoms with van der Waals surface area (Å²) < 4.78 is 16.0. The molecule has 2 aliphatic heterocycles. The van der Waals surface area contributed by atoms with Crippen LogP contribution in [-0.2, 0) is 19.0 Å². The van der Waals surface area contributed by atoms with E-state index < -0.39 is 23.4 Å². The molecule has 2 fully saturated rings. The normalized spacial score (nSPS) is 28.9. The molecule has 0 aliphatic carbocycles. The lowest BCUT2D eigenvalue weighted by molar-refractivity contribution is -0.133. The summed E-state index contributed by atoms with van der Waals surface area (Å²) in [4.78, 5) is 24.5. The third-order valence-corrected chi connectivity index (χ3v) is 2.87. The molecule has 0 saturated carbocycles. The van der Waals surface area contributed by atoms with E-state index in [1.807, 2.05) is 13.8 Å². The molecule has 2 amide bonds. The summed E-state index contributed by atoms with van der Waals surface area (Å²) in [7, 11) is 0. The Labute approximate surface area is 112 Å². The SMILES string of the molecule is CC1(C)CN(C(=O)/C=C/[C@H]2COC(C)(C)O2)C(=O)O1. The third kappa shape index (κ3) is 3.33. The van der Waals surface area contributed by atoms with E-state index in [1.54, 1.807) is 19.9 Å². The first-order valence-electron chi connectivity index (χ1n) is 6.23. The fourth-order valence-electron chi connectivity index (χ4n) is 2.03. The van der Waals surface area contributed by atoms with E-state index in [0.29, 0.717) is 6.61 Å². The number of carbonyl (C=O) groups excluding carboxylic acids is 2. The minimum absolute atomic E-state index is 0.253. The Morgan fingerprint density at radius 1 is 1.37 bits per heavy atom. The minimum Gasteiger partial charge on any atom is -0.441 e. The zero-order valence-corrected chi connectivity index (χ0v) is 11.6. The van der Waals surface area contributed by atoms with Crippen LogP contribution in [0.2, 0.25) is 0 Å². The average molecular weight is 269 g/mol. The molecule has 2 heterocycles. The number of nitrogens with zero attached hydrogens (tertiary/aromatic N) is 1. The summed E-state index contributed by atoms with van der Waals surface area (Å²) >= 11 is 0. The molecule has 2 aliphatic rings. The lowest BCUT2D eigenvalue weighted by Crippen LogP contribution is -2.33. The molecule has 0 aromatic rings. The van der Waals surface area contributed by atoms with Gasteiger partial charge in [-0.1, -0.05) is 0 Å². The number of amides is 2. The van der Waals surface area contributed by atoms with Crippen LogP contribution >= 0.6 is 0 Å². The highest BCUT2D eigenvalue weighted by atomic mass is 16.7. The molecule has 0 aromatic carbocycles. The van der Waals surface area contributed by atoms with Gasteiger partial charge in [0.15, 0.2) is 5.79 Å². The molecule has 6 heteroatoms. The van der Waals surface area contributed by atoms with Gasteiger partial charge in [-0.3, -0.25) is 4.79 Å². The van der Waals surface area contributed by atoms with Gasteiger partial charge in [-0.25, -0.2) is 9.69 Å². The van der Waals surface area contributed by atoms with Gasteiger partial charge in [0.2, 0.25) is 0 Å². The lowest BCUT2D eigenvalue weighted by atomic mass is 10.1. The predicted octanol–water partition coefficient (Wildman–Crippen LogP) is 1.45. The molecule has 2 rings (SSSR count). The summed E-state index contributed by atoms with van der Waals surface area (Å²) in [6.07, 6.45) is 2.06. The first kappa shape index (κ1) is 14.0. The van der Waals surface area contributed by atoms with Gasteiger partial charge in [0.05, 0.1) is 13.2 Å².